The molecule has 0 saturated carbocycles. The summed E-state index contributed by atoms with van der Waals surface area (Å²) in [5, 5.41) is 17.1. The molecule has 0 aliphatic heterocycles. The smallest absolute Gasteiger partial charge is 0.337 e. The fourth-order valence-corrected chi connectivity index (χ4v) is 1.64. The van der Waals surface area contributed by atoms with Crippen LogP contribution in [0, 0.1) is 5.92 Å². The number of pyridine rings is 1. The van der Waals surface area contributed by atoms with Gasteiger partial charge in [0.2, 0.25) is 0 Å². The molecule has 0 bridgehead atoms. The van der Waals surface area contributed by atoms with Crippen molar-refractivity contribution in [1.82, 2.24) is 14.6 Å². The SMILES string of the molecule is CC(C)C(C)c1nnc2ccc(C(=O)O)cn12. The van der Waals surface area contributed by atoms with Crippen LogP contribution in [-0.4, -0.2) is 25.7 Å². The van der Waals surface area contributed by atoms with E-state index in [0.29, 0.717) is 11.6 Å². The second-order valence-electron chi connectivity index (χ2n) is 4.54. The molecule has 1 unspecified atom stereocenters. The minimum absolute atomic E-state index is 0.231. The molecule has 2 rings (SSSR count). The summed E-state index contributed by atoms with van der Waals surface area (Å²) < 4.78 is 1.76. The number of carboxylic acids is 1. The zero-order valence-corrected chi connectivity index (χ0v) is 10.1. The second kappa shape index (κ2) is 4.16. The average Bonchev–Trinajstić information content (AvgIpc) is 2.70. The van der Waals surface area contributed by atoms with Gasteiger partial charge in [0.1, 0.15) is 5.82 Å². The number of nitrogens with zero attached hydrogens (tertiary/aromatic N) is 3. The summed E-state index contributed by atoms with van der Waals surface area (Å²) in [7, 11) is 0. The number of aromatic carboxylic acids is 1. The van der Waals surface area contributed by atoms with Crippen LogP contribution in [0.15, 0.2) is 18.3 Å². The molecule has 2 heterocycles. The monoisotopic (exact) mass is 233 g/mol. The Hall–Kier alpha value is -1.91. The van der Waals surface area contributed by atoms with Crippen molar-refractivity contribution in [2.45, 2.75) is 26.7 Å². The lowest BCUT2D eigenvalue weighted by Crippen LogP contribution is -2.08. The van der Waals surface area contributed by atoms with E-state index in [1.807, 2.05) is 0 Å². The third-order valence-corrected chi connectivity index (χ3v) is 3.08. The Bertz CT molecular complexity index is 560. The Morgan fingerprint density at radius 1 is 1.29 bits per heavy atom. The van der Waals surface area contributed by atoms with Crippen LogP contribution in [0.4, 0.5) is 0 Å². The van der Waals surface area contributed by atoms with Crippen LogP contribution in [0.2, 0.25) is 0 Å². The molecule has 1 atom stereocenters. The summed E-state index contributed by atoms with van der Waals surface area (Å²) in [6.07, 6.45) is 1.58. The van der Waals surface area contributed by atoms with Crippen molar-refractivity contribution in [1.29, 1.82) is 0 Å². The maximum Gasteiger partial charge on any atom is 0.337 e. The van der Waals surface area contributed by atoms with Crippen LogP contribution < -0.4 is 0 Å². The van der Waals surface area contributed by atoms with Crippen LogP contribution in [-0.2, 0) is 0 Å². The number of hydrogen-bond acceptors (Lipinski definition) is 3. The van der Waals surface area contributed by atoms with E-state index in [9.17, 15) is 4.79 Å². The van der Waals surface area contributed by atoms with Gasteiger partial charge in [-0.3, -0.25) is 4.40 Å². The highest BCUT2D eigenvalue weighted by atomic mass is 16.4. The summed E-state index contributed by atoms with van der Waals surface area (Å²) >= 11 is 0. The third-order valence-electron chi connectivity index (χ3n) is 3.08. The molecular weight excluding hydrogens is 218 g/mol. The molecule has 17 heavy (non-hydrogen) atoms. The van der Waals surface area contributed by atoms with Gasteiger partial charge in [-0.15, -0.1) is 10.2 Å². The molecule has 2 aromatic heterocycles. The Kier molecular flexibility index (Phi) is 2.83. The Balaban J connectivity index is 2.57. The van der Waals surface area contributed by atoms with E-state index in [4.69, 9.17) is 5.11 Å². The average molecular weight is 233 g/mol. The fraction of sp³-hybridized carbons (Fsp3) is 0.417. The van der Waals surface area contributed by atoms with Gasteiger partial charge in [0.05, 0.1) is 5.56 Å². The van der Waals surface area contributed by atoms with E-state index >= 15 is 0 Å². The molecule has 0 saturated heterocycles. The molecule has 0 radical (unpaired) electrons. The molecule has 5 heteroatoms. The normalized spacial score (nSPS) is 13.2. The molecule has 0 aromatic carbocycles. The van der Waals surface area contributed by atoms with Crippen LogP contribution in [0.1, 0.15) is 42.9 Å². The molecule has 90 valence electrons. The summed E-state index contributed by atoms with van der Waals surface area (Å²) in [5.74, 6) is 0.520. The van der Waals surface area contributed by atoms with Crippen LogP contribution in [0.3, 0.4) is 0 Å². The van der Waals surface area contributed by atoms with E-state index in [2.05, 4.69) is 31.0 Å². The van der Waals surface area contributed by atoms with Gasteiger partial charge in [0.15, 0.2) is 5.65 Å². The minimum atomic E-state index is -0.941. The highest BCUT2D eigenvalue weighted by molar-refractivity contribution is 5.87. The highest BCUT2D eigenvalue weighted by Crippen LogP contribution is 2.22. The molecule has 2 aromatic rings. The first-order valence-corrected chi connectivity index (χ1v) is 5.58. The van der Waals surface area contributed by atoms with Gasteiger partial charge in [-0.2, -0.15) is 0 Å². The molecule has 1 N–H and O–H groups in total. The van der Waals surface area contributed by atoms with Crippen molar-refractivity contribution in [3.63, 3.8) is 0 Å². The molecule has 0 spiro atoms. The summed E-state index contributed by atoms with van der Waals surface area (Å²) in [4.78, 5) is 10.9. The Labute approximate surface area is 99.1 Å². The van der Waals surface area contributed by atoms with Gasteiger partial charge in [-0.25, -0.2) is 4.79 Å². The maximum atomic E-state index is 10.9. The molecule has 0 amide bonds. The van der Waals surface area contributed by atoms with Gasteiger partial charge in [-0.1, -0.05) is 20.8 Å². The van der Waals surface area contributed by atoms with Crippen molar-refractivity contribution in [3.8, 4) is 0 Å². The lowest BCUT2D eigenvalue weighted by Gasteiger charge is -2.13. The van der Waals surface area contributed by atoms with Crippen LogP contribution in [0.5, 0.6) is 0 Å². The summed E-state index contributed by atoms with van der Waals surface area (Å²) in [6.45, 7) is 6.27. The number of carboxylic acid groups (broad SMARTS) is 1. The van der Waals surface area contributed by atoms with Gasteiger partial charge >= 0.3 is 5.97 Å². The quantitative estimate of drug-likeness (QED) is 0.882. The van der Waals surface area contributed by atoms with E-state index in [1.54, 1.807) is 16.7 Å². The fourth-order valence-electron chi connectivity index (χ4n) is 1.64. The lowest BCUT2D eigenvalue weighted by molar-refractivity contribution is 0.0696. The highest BCUT2D eigenvalue weighted by Gasteiger charge is 2.17. The molecule has 0 aliphatic rings. The second-order valence-corrected chi connectivity index (χ2v) is 4.54. The van der Waals surface area contributed by atoms with E-state index in [-0.39, 0.29) is 11.5 Å². The van der Waals surface area contributed by atoms with Crippen molar-refractivity contribution in [2.24, 2.45) is 5.92 Å². The molecule has 0 aliphatic carbocycles. The van der Waals surface area contributed by atoms with Crippen molar-refractivity contribution in [3.05, 3.63) is 29.7 Å². The summed E-state index contributed by atoms with van der Waals surface area (Å²) in [6, 6.07) is 3.21. The van der Waals surface area contributed by atoms with Crippen molar-refractivity contribution < 1.29 is 9.90 Å². The first-order valence-electron chi connectivity index (χ1n) is 5.58. The number of rotatable bonds is 3. The van der Waals surface area contributed by atoms with E-state index in [0.717, 1.165) is 5.82 Å². The standard InChI is InChI=1S/C12H15N3O2/c1-7(2)8(3)11-14-13-10-5-4-9(12(16)17)6-15(10)11/h4-8H,1-3H3,(H,16,17). The predicted octanol–water partition coefficient (Wildman–Crippen LogP) is 2.19. The number of hydrogen-bond donors (Lipinski definition) is 1. The zero-order valence-electron chi connectivity index (χ0n) is 10.1. The number of aromatic nitrogens is 3. The minimum Gasteiger partial charge on any atom is -0.478 e. The van der Waals surface area contributed by atoms with Crippen LogP contribution in [0.25, 0.3) is 5.65 Å². The van der Waals surface area contributed by atoms with Crippen molar-refractivity contribution >= 4 is 11.6 Å². The van der Waals surface area contributed by atoms with E-state index in [1.165, 1.54) is 6.07 Å². The van der Waals surface area contributed by atoms with Gasteiger partial charge < -0.3 is 5.11 Å². The largest absolute Gasteiger partial charge is 0.478 e. The van der Waals surface area contributed by atoms with Crippen molar-refractivity contribution in [2.75, 3.05) is 0 Å². The van der Waals surface area contributed by atoms with Gasteiger partial charge in [0.25, 0.3) is 0 Å². The van der Waals surface area contributed by atoms with Gasteiger partial charge in [0, 0.05) is 12.1 Å². The maximum absolute atomic E-state index is 10.9. The molecular formula is C12H15N3O2. The predicted molar refractivity (Wildman–Crippen MR) is 63.2 cm³/mol. The lowest BCUT2D eigenvalue weighted by atomic mass is 9.97. The zero-order chi connectivity index (χ0) is 12.6. The first-order chi connectivity index (χ1) is 8.00. The number of fused-ring (bicyclic) bond motifs is 1. The van der Waals surface area contributed by atoms with E-state index < -0.39 is 5.97 Å². The first kappa shape index (κ1) is 11.6. The topological polar surface area (TPSA) is 67.5 Å². The Morgan fingerprint density at radius 2 is 2.00 bits per heavy atom. The van der Waals surface area contributed by atoms with Gasteiger partial charge in [-0.05, 0) is 18.1 Å². The Morgan fingerprint density at radius 3 is 2.59 bits per heavy atom. The third kappa shape index (κ3) is 2.00. The molecule has 0 fully saturated rings. The number of carbonyl (C=O) groups is 1. The summed E-state index contributed by atoms with van der Waals surface area (Å²) in [5.41, 5.74) is 0.923. The molecule has 5 nitrogen and oxygen atoms in total. The van der Waals surface area contributed by atoms with Crippen LogP contribution >= 0.6 is 0 Å².